The highest BCUT2D eigenvalue weighted by atomic mass is 35.5. The van der Waals surface area contributed by atoms with Gasteiger partial charge in [-0.25, -0.2) is 4.98 Å². The van der Waals surface area contributed by atoms with Crippen molar-refractivity contribution in [2.45, 2.75) is 60.0 Å². The number of aryl methyl sites for hydroxylation is 6. The number of fused-ring (bicyclic) bond motifs is 4. The van der Waals surface area contributed by atoms with Crippen molar-refractivity contribution < 1.29 is 14.3 Å². The number of halogens is 2. The van der Waals surface area contributed by atoms with E-state index in [0.29, 0.717) is 55.7 Å². The van der Waals surface area contributed by atoms with Gasteiger partial charge in [0.15, 0.2) is 5.82 Å². The van der Waals surface area contributed by atoms with Crippen molar-refractivity contribution in [2.24, 2.45) is 14.1 Å². The molecule has 0 aliphatic carbocycles. The van der Waals surface area contributed by atoms with E-state index in [4.69, 9.17) is 37.8 Å². The van der Waals surface area contributed by atoms with Crippen LogP contribution in [-0.2, 0) is 31.8 Å². The van der Waals surface area contributed by atoms with Gasteiger partial charge in [0.25, 0.3) is 5.91 Å². The minimum Gasteiger partial charge on any atom is -0.494 e. The van der Waals surface area contributed by atoms with Gasteiger partial charge in [-0.2, -0.15) is 10.2 Å². The highest BCUT2D eigenvalue weighted by molar-refractivity contribution is 6.35. The molecule has 1 unspecified atom stereocenters. The summed E-state index contributed by atoms with van der Waals surface area (Å²) in [6.45, 7) is 12.3. The Morgan fingerprint density at radius 2 is 1.70 bits per heavy atom. The van der Waals surface area contributed by atoms with Crippen molar-refractivity contribution in [3.05, 3.63) is 98.8 Å². The first-order valence-corrected chi connectivity index (χ1v) is 19.7. The van der Waals surface area contributed by atoms with Crippen molar-refractivity contribution in [3.63, 3.8) is 0 Å². The number of hydrogen-bond donors (Lipinski definition) is 0. The third kappa shape index (κ3) is 6.35. The zero-order valence-electron chi connectivity index (χ0n) is 33.1. The van der Waals surface area contributed by atoms with Gasteiger partial charge in [-0.3, -0.25) is 14.2 Å². The summed E-state index contributed by atoms with van der Waals surface area (Å²) >= 11 is 13.6. The number of nitrogens with zero attached hydrogens (tertiary/aromatic N) is 8. The zero-order valence-corrected chi connectivity index (χ0v) is 34.6. The molecule has 0 spiro atoms. The van der Waals surface area contributed by atoms with Crippen LogP contribution in [0.1, 0.15) is 58.0 Å². The average Bonchev–Trinajstić information content (AvgIpc) is 3.93. The topological polar surface area (TPSA) is 97.2 Å². The first-order chi connectivity index (χ1) is 26.9. The Balaban J connectivity index is 1.23. The van der Waals surface area contributed by atoms with Crippen LogP contribution in [0, 0.1) is 27.7 Å². The molecule has 7 aromatic rings. The highest BCUT2D eigenvalue weighted by Gasteiger charge is 2.37. The number of ether oxygens (including phenoxy) is 2. The minimum atomic E-state index is -0.0821. The van der Waals surface area contributed by atoms with Crippen molar-refractivity contribution >= 4 is 56.6 Å². The maximum atomic E-state index is 15.3. The van der Waals surface area contributed by atoms with Gasteiger partial charge < -0.3 is 23.5 Å². The van der Waals surface area contributed by atoms with Gasteiger partial charge in [0.05, 0.1) is 41.7 Å². The summed E-state index contributed by atoms with van der Waals surface area (Å²) < 4.78 is 19.5. The standard InChI is InChI=1S/C43H46Cl2N8O3/c1-24-18-30(19-25(2)39(24)45)56-16-9-10-31-32-12-13-34(44)38(37-27(4)47-50(7)28(37)5)40(32)53-26(3)21-52(43(54)41(31)53)36-22-49(6)35-14-11-29(20-33(35)36)42-46-23-51(48-42)15-17-55-8/h11-14,18-20,22-23,26H,9-10,15-17,21H2,1-8H3. The van der Waals surface area contributed by atoms with Gasteiger partial charge in [-0.05, 0) is 101 Å². The molecule has 0 N–H and O–H groups in total. The summed E-state index contributed by atoms with van der Waals surface area (Å²) in [5.41, 5.74) is 11.1. The number of aromatic nitrogens is 7. The summed E-state index contributed by atoms with van der Waals surface area (Å²) in [7, 11) is 5.63. The van der Waals surface area contributed by atoms with Crippen molar-refractivity contribution in [3.8, 4) is 28.3 Å². The smallest absolute Gasteiger partial charge is 0.275 e. The molecule has 1 aliphatic rings. The van der Waals surface area contributed by atoms with E-state index >= 15 is 4.79 Å². The van der Waals surface area contributed by atoms with Crippen molar-refractivity contribution in [1.29, 1.82) is 0 Å². The third-order valence-corrected chi connectivity index (χ3v) is 12.1. The van der Waals surface area contributed by atoms with E-state index in [-0.39, 0.29) is 11.9 Å². The van der Waals surface area contributed by atoms with E-state index in [1.165, 1.54) is 0 Å². The molecular formula is C43H46Cl2N8O3. The maximum Gasteiger partial charge on any atom is 0.275 e. The molecule has 1 aliphatic heterocycles. The summed E-state index contributed by atoms with van der Waals surface area (Å²) in [6, 6.07) is 14.1. The monoisotopic (exact) mass is 792 g/mol. The Morgan fingerprint density at radius 1 is 0.929 bits per heavy atom. The Morgan fingerprint density at radius 3 is 2.41 bits per heavy atom. The first-order valence-electron chi connectivity index (χ1n) is 18.9. The molecule has 290 valence electrons. The second kappa shape index (κ2) is 14.8. The molecule has 5 heterocycles. The van der Waals surface area contributed by atoms with Crippen LogP contribution in [-0.4, -0.2) is 66.5 Å². The Bertz CT molecular complexity index is 2640. The van der Waals surface area contributed by atoms with E-state index in [1.807, 2.05) is 68.7 Å². The van der Waals surface area contributed by atoms with Gasteiger partial charge in [-0.15, -0.1) is 0 Å². The molecule has 4 aromatic heterocycles. The first kappa shape index (κ1) is 37.8. The molecule has 3 aromatic carbocycles. The van der Waals surface area contributed by atoms with Gasteiger partial charge in [0, 0.05) is 83.7 Å². The molecule has 0 bridgehead atoms. The molecular weight excluding hydrogens is 747 g/mol. The van der Waals surface area contributed by atoms with E-state index in [0.717, 1.165) is 83.0 Å². The molecule has 1 amide bonds. The van der Waals surface area contributed by atoms with Crippen LogP contribution < -0.4 is 9.64 Å². The van der Waals surface area contributed by atoms with E-state index in [2.05, 4.69) is 57.5 Å². The van der Waals surface area contributed by atoms with Crippen LogP contribution in [0.15, 0.2) is 55.0 Å². The molecule has 8 rings (SSSR count). The largest absolute Gasteiger partial charge is 0.494 e. The van der Waals surface area contributed by atoms with Gasteiger partial charge >= 0.3 is 0 Å². The fraction of sp³-hybridized carbons (Fsp3) is 0.349. The number of methoxy groups -OCH3 is 1. The SMILES string of the molecule is COCCn1cnc(-c2ccc3c(c2)c(N2CC(C)n4c(c(CCCOc5cc(C)c(Cl)c(C)c5)c5ccc(Cl)c(-c6c(C)nn(C)c6C)c54)C2=O)cn3C)n1. The number of benzene rings is 3. The lowest BCUT2D eigenvalue weighted by atomic mass is 9.98. The molecule has 11 nitrogen and oxygen atoms in total. The third-order valence-electron chi connectivity index (χ3n) is 11.1. The van der Waals surface area contributed by atoms with E-state index in [9.17, 15) is 0 Å². The summed E-state index contributed by atoms with van der Waals surface area (Å²) in [4.78, 5) is 21.8. The van der Waals surface area contributed by atoms with E-state index < -0.39 is 0 Å². The second-order valence-electron chi connectivity index (χ2n) is 15.0. The summed E-state index contributed by atoms with van der Waals surface area (Å²) in [5.74, 6) is 1.35. The van der Waals surface area contributed by atoms with Gasteiger partial charge in [0.1, 0.15) is 17.8 Å². The number of carbonyl (C=O) groups is 1. The molecule has 0 fully saturated rings. The molecule has 0 saturated heterocycles. The van der Waals surface area contributed by atoms with Gasteiger partial charge in [-0.1, -0.05) is 29.3 Å². The molecule has 13 heteroatoms. The number of carbonyl (C=O) groups excluding carboxylic acids is 1. The number of rotatable bonds is 11. The molecule has 0 radical (unpaired) electrons. The van der Waals surface area contributed by atoms with Crippen LogP contribution in [0.3, 0.4) is 0 Å². The summed E-state index contributed by atoms with van der Waals surface area (Å²) in [6.07, 6.45) is 5.09. The number of anilines is 1. The van der Waals surface area contributed by atoms with Crippen LogP contribution in [0.25, 0.3) is 44.3 Å². The lowest BCUT2D eigenvalue weighted by molar-refractivity contribution is 0.0957. The van der Waals surface area contributed by atoms with Crippen molar-refractivity contribution in [1.82, 2.24) is 33.7 Å². The molecule has 1 atom stereocenters. The second-order valence-corrected chi connectivity index (χ2v) is 15.7. The van der Waals surface area contributed by atoms with Crippen LogP contribution >= 0.6 is 23.2 Å². The van der Waals surface area contributed by atoms with Crippen LogP contribution in [0.4, 0.5) is 5.69 Å². The lowest BCUT2D eigenvalue weighted by Gasteiger charge is -2.34. The number of hydrogen-bond acceptors (Lipinski definition) is 6. The normalized spacial score (nSPS) is 14.4. The van der Waals surface area contributed by atoms with Crippen LogP contribution in [0.2, 0.25) is 10.0 Å². The van der Waals surface area contributed by atoms with Crippen molar-refractivity contribution in [2.75, 3.05) is 31.8 Å². The predicted octanol–water partition coefficient (Wildman–Crippen LogP) is 9.21. The predicted molar refractivity (Wildman–Crippen MR) is 224 cm³/mol. The zero-order chi connectivity index (χ0) is 39.6. The fourth-order valence-electron chi connectivity index (χ4n) is 8.38. The Kier molecular flexibility index (Phi) is 9.97. The van der Waals surface area contributed by atoms with E-state index in [1.54, 1.807) is 18.1 Å². The summed E-state index contributed by atoms with van der Waals surface area (Å²) in [5, 5.41) is 12.8. The minimum absolute atomic E-state index is 0.0549. The molecule has 0 saturated carbocycles. The Labute approximate surface area is 336 Å². The van der Waals surface area contributed by atoms with Crippen LogP contribution in [0.5, 0.6) is 5.75 Å². The molecule has 56 heavy (non-hydrogen) atoms. The number of amides is 1. The maximum absolute atomic E-state index is 15.3. The fourth-order valence-corrected chi connectivity index (χ4v) is 8.74. The van der Waals surface area contributed by atoms with Gasteiger partial charge in [0.2, 0.25) is 0 Å². The Hall–Kier alpha value is -5.10. The average molecular weight is 794 g/mol. The lowest BCUT2D eigenvalue weighted by Crippen LogP contribution is -2.42. The quantitative estimate of drug-likeness (QED) is 0.121. The highest BCUT2D eigenvalue weighted by Crippen LogP contribution is 2.46.